The molecule has 1 atom stereocenters. The molecule has 0 bridgehead atoms. The number of halogens is 2. The zero-order chi connectivity index (χ0) is 18.8. The van der Waals surface area contributed by atoms with Crippen LogP contribution in [0.3, 0.4) is 0 Å². The smallest absolute Gasteiger partial charge is 0.186 e. The summed E-state index contributed by atoms with van der Waals surface area (Å²) in [5, 5.41) is 4.76. The van der Waals surface area contributed by atoms with E-state index in [9.17, 15) is 0 Å². The SMILES string of the molecule is Cl.Cl.c1ccc2c(c1)OCC(CNCC1CCN(c3nc4ccccc4s3)CC1)O2. The van der Waals surface area contributed by atoms with Crippen LogP contribution in [-0.2, 0) is 0 Å². The Balaban J connectivity index is 0.00000128. The number of benzene rings is 2. The summed E-state index contributed by atoms with van der Waals surface area (Å²) < 4.78 is 13.1. The molecule has 0 radical (unpaired) electrons. The summed E-state index contributed by atoms with van der Waals surface area (Å²) in [6.07, 6.45) is 2.49. The number of aromatic nitrogens is 1. The Bertz CT molecular complexity index is 914. The molecule has 1 saturated heterocycles. The van der Waals surface area contributed by atoms with Crippen molar-refractivity contribution in [2.24, 2.45) is 5.92 Å². The minimum atomic E-state index is 0. The van der Waals surface area contributed by atoms with Crippen molar-refractivity contribution < 1.29 is 9.47 Å². The Kier molecular flexibility index (Phi) is 8.06. The molecule has 5 nitrogen and oxygen atoms in total. The zero-order valence-electron chi connectivity index (χ0n) is 16.7. The Morgan fingerprint density at radius 3 is 2.50 bits per heavy atom. The van der Waals surface area contributed by atoms with Gasteiger partial charge in [0, 0.05) is 19.6 Å². The second-order valence-electron chi connectivity index (χ2n) is 7.55. The van der Waals surface area contributed by atoms with Gasteiger partial charge in [0.1, 0.15) is 12.7 Å². The number of hydrogen-bond acceptors (Lipinski definition) is 6. The Hall–Kier alpha value is -1.73. The van der Waals surface area contributed by atoms with Gasteiger partial charge in [0.2, 0.25) is 0 Å². The number of para-hydroxylation sites is 3. The lowest BCUT2D eigenvalue weighted by atomic mass is 9.97. The molecule has 1 N–H and O–H groups in total. The largest absolute Gasteiger partial charge is 0.486 e. The van der Waals surface area contributed by atoms with Crippen LogP contribution in [0, 0.1) is 5.92 Å². The summed E-state index contributed by atoms with van der Waals surface area (Å²) in [6.45, 7) is 4.65. The normalized spacial score (nSPS) is 18.5. The Labute approximate surface area is 193 Å². The molecule has 3 heterocycles. The molecule has 0 amide bonds. The standard InChI is InChI=1S/C22H25N3O2S.2ClH/c1-4-8-21-18(5-1)24-22(28-21)25-11-9-16(10-12-25)13-23-14-17-15-26-19-6-2-3-7-20(19)27-17;;/h1-8,16-17,23H,9-15H2;2*1H. The second-order valence-corrected chi connectivity index (χ2v) is 8.56. The summed E-state index contributed by atoms with van der Waals surface area (Å²) in [6, 6.07) is 16.3. The fraction of sp³-hybridized carbons (Fsp3) is 0.409. The third kappa shape index (κ3) is 5.11. The highest BCUT2D eigenvalue weighted by molar-refractivity contribution is 7.22. The fourth-order valence-corrected chi connectivity index (χ4v) is 4.95. The Morgan fingerprint density at radius 1 is 0.967 bits per heavy atom. The highest BCUT2D eigenvalue weighted by atomic mass is 35.5. The van der Waals surface area contributed by atoms with Crippen molar-refractivity contribution in [2.75, 3.05) is 37.7 Å². The molecular weight excluding hydrogens is 441 g/mol. The van der Waals surface area contributed by atoms with E-state index in [1.54, 1.807) is 11.3 Å². The lowest BCUT2D eigenvalue weighted by Gasteiger charge is -2.32. The van der Waals surface area contributed by atoms with E-state index in [4.69, 9.17) is 14.5 Å². The van der Waals surface area contributed by atoms with E-state index in [1.807, 2.05) is 24.3 Å². The molecule has 1 aromatic heterocycles. The fourth-order valence-electron chi connectivity index (χ4n) is 3.94. The number of nitrogens with one attached hydrogen (secondary N) is 1. The number of thiazole rings is 1. The maximum atomic E-state index is 6.02. The van der Waals surface area contributed by atoms with E-state index in [0.29, 0.717) is 12.5 Å². The van der Waals surface area contributed by atoms with E-state index >= 15 is 0 Å². The topological polar surface area (TPSA) is 46.6 Å². The van der Waals surface area contributed by atoms with Gasteiger partial charge in [0.25, 0.3) is 0 Å². The first kappa shape index (κ1) is 22.9. The summed E-state index contributed by atoms with van der Waals surface area (Å²) in [5.74, 6) is 2.41. The average Bonchev–Trinajstić information content (AvgIpc) is 3.18. The molecule has 162 valence electrons. The summed E-state index contributed by atoms with van der Waals surface area (Å²) in [7, 11) is 0. The van der Waals surface area contributed by atoms with Gasteiger partial charge < -0.3 is 19.7 Å². The number of rotatable bonds is 5. The van der Waals surface area contributed by atoms with Gasteiger partial charge in [0.15, 0.2) is 16.6 Å². The molecule has 1 fully saturated rings. The summed E-state index contributed by atoms with van der Waals surface area (Å²) in [4.78, 5) is 7.24. The van der Waals surface area contributed by atoms with Gasteiger partial charge >= 0.3 is 0 Å². The van der Waals surface area contributed by atoms with Crippen LogP contribution in [0.5, 0.6) is 11.5 Å². The first-order valence-electron chi connectivity index (χ1n) is 10.0. The molecule has 0 saturated carbocycles. The van der Waals surface area contributed by atoms with Crippen molar-refractivity contribution in [3.63, 3.8) is 0 Å². The maximum Gasteiger partial charge on any atom is 0.186 e. The van der Waals surface area contributed by atoms with E-state index in [2.05, 4.69) is 34.5 Å². The minimum Gasteiger partial charge on any atom is -0.486 e. The number of anilines is 1. The lowest BCUT2D eigenvalue weighted by molar-refractivity contribution is 0.0894. The van der Waals surface area contributed by atoms with Crippen molar-refractivity contribution in [3.8, 4) is 11.5 Å². The zero-order valence-corrected chi connectivity index (χ0v) is 19.1. The van der Waals surface area contributed by atoms with Crippen molar-refractivity contribution in [2.45, 2.75) is 18.9 Å². The van der Waals surface area contributed by atoms with E-state index in [-0.39, 0.29) is 30.9 Å². The molecule has 0 spiro atoms. The number of ether oxygens (including phenoxy) is 2. The number of piperidine rings is 1. The van der Waals surface area contributed by atoms with Crippen LogP contribution in [0.2, 0.25) is 0 Å². The highest BCUT2D eigenvalue weighted by Crippen LogP contribution is 2.32. The van der Waals surface area contributed by atoms with Gasteiger partial charge in [-0.05, 0) is 49.6 Å². The summed E-state index contributed by atoms with van der Waals surface area (Å²) >= 11 is 1.80. The Morgan fingerprint density at radius 2 is 1.70 bits per heavy atom. The van der Waals surface area contributed by atoms with Crippen LogP contribution < -0.4 is 19.7 Å². The van der Waals surface area contributed by atoms with Crippen molar-refractivity contribution in [1.82, 2.24) is 10.3 Å². The van der Waals surface area contributed by atoms with Gasteiger partial charge in [0.05, 0.1) is 10.2 Å². The van der Waals surface area contributed by atoms with Crippen LogP contribution in [-0.4, -0.2) is 43.9 Å². The first-order valence-corrected chi connectivity index (χ1v) is 10.9. The highest BCUT2D eigenvalue weighted by Gasteiger charge is 2.23. The molecule has 8 heteroatoms. The third-order valence-electron chi connectivity index (χ3n) is 5.54. The van der Waals surface area contributed by atoms with Gasteiger partial charge in [-0.15, -0.1) is 24.8 Å². The van der Waals surface area contributed by atoms with Crippen LogP contribution >= 0.6 is 36.2 Å². The van der Waals surface area contributed by atoms with Crippen LogP contribution in [0.15, 0.2) is 48.5 Å². The predicted octanol–water partition coefficient (Wildman–Crippen LogP) is 4.79. The molecule has 5 rings (SSSR count). The predicted molar refractivity (Wildman–Crippen MR) is 128 cm³/mol. The molecule has 3 aromatic rings. The average molecular weight is 468 g/mol. The number of hydrogen-bond donors (Lipinski definition) is 1. The van der Waals surface area contributed by atoms with Crippen molar-refractivity contribution >= 4 is 51.5 Å². The van der Waals surface area contributed by atoms with Crippen LogP contribution in [0.4, 0.5) is 5.13 Å². The van der Waals surface area contributed by atoms with Crippen molar-refractivity contribution in [1.29, 1.82) is 0 Å². The van der Waals surface area contributed by atoms with E-state index in [0.717, 1.165) is 43.2 Å². The number of fused-ring (bicyclic) bond motifs is 2. The molecule has 0 aliphatic carbocycles. The van der Waals surface area contributed by atoms with Gasteiger partial charge in [-0.2, -0.15) is 0 Å². The molecule has 30 heavy (non-hydrogen) atoms. The monoisotopic (exact) mass is 467 g/mol. The van der Waals surface area contributed by atoms with E-state index < -0.39 is 0 Å². The lowest BCUT2D eigenvalue weighted by Crippen LogP contribution is -2.42. The van der Waals surface area contributed by atoms with Gasteiger partial charge in [-0.1, -0.05) is 35.6 Å². The van der Waals surface area contributed by atoms with Gasteiger partial charge in [-0.3, -0.25) is 0 Å². The molecule has 2 aliphatic rings. The molecule has 2 aromatic carbocycles. The molecule has 2 aliphatic heterocycles. The third-order valence-corrected chi connectivity index (χ3v) is 6.64. The van der Waals surface area contributed by atoms with Crippen LogP contribution in [0.25, 0.3) is 10.2 Å². The van der Waals surface area contributed by atoms with Crippen LogP contribution in [0.1, 0.15) is 12.8 Å². The minimum absolute atomic E-state index is 0. The summed E-state index contributed by atoms with van der Waals surface area (Å²) in [5.41, 5.74) is 1.11. The molecular formula is C22H27Cl2N3O2S. The molecule has 1 unspecified atom stereocenters. The van der Waals surface area contributed by atoms with E-state index in [1.165, 1.54) is 22.7 Å². The first-order chi connectivity index (χ1) is 13.8. The second kappa shape index (κ2) is 10.5. The quantitative estimate of drug-likeness (QED) is 0.584. The van der Waals surface area contributed by atoms with Crippen molar-refractivity contribution in [3.05, 3.63) is 48.5 Å². The number of nitrogens with zero attached hydrogens (tertiary/aromatic N) is 2. The maximum absolute atomic E-state index is 6.02. The van der Waals surface area contributed by atoms with Gasteiger partial charge in [-0.25, -0.2) is 4.98 Å².